The highest BCUT2D eigenvalue weighted by Gasteiger charge is 2.47. The number of rotatable bonds is 3. The zero-order chi connectivity index (χ0) is 11.7. The van der Waals surface area contributed by atoms with Crippen LogP contribution < -0.4 is 5.32 Å². The molecule has 2 aliphatic heterocycles. The van der Waals surface area contributed by atoms with Crippen molar-refractivity contribution >= 4 is 0 Å². The van der Waals surface area contributed by atoms with Gasteiger partial charge in [-0.25, -0.2) is 0 Å². The summed E-state index contributed by atoms with van der Waals surface area (Å²) in [4.78, 5) is 2.46. The van der Waals surface area contributed by atoms with Gasteiger partial charge in [0.1, 0.15) is 0 Å². The van der Waals surface area contributed by atoms with E-state index < -0.39 is 0 Å². The van der Waals surface area contributed by atoms with Crippen LogP contribution in [0.25, 0.3) is 0 Å². The Labute approximate surface area is 105 Å². The Morgan fingerprint density at radius 1 is 1.29 bits per heavy atom. The Balaban J connectivity index is 1.61. The molecule has 0 amide bonds. The molecule has 1 N–H and O–H groups in total. The molecular weight excluding hydrogens is 212 g/mol. The third-order valence-electron chi connectivity index (χ3n) is 5.11. The molecule has 2 saturated heterocycles. The van der Waals surface area contributed by atoms with Crippen LogP contribution in [0.1, 0.15) is 32.1 Å². The molecule has 0 bridgehead atoms. The predicted molar refractivity (Wildman–Crippen MR) is 69.1 cm³/mol. The van der Waals surface area contributed by atoms with E-state index in [2.05, 4.69) is 17.3 Å². The average Bonchev–Trinajstić information content (AvgIpc) is 2.77. The first-order valence-electron chi connectivity index (χ1n) is 7.28. The topological polar surface area (TPSA) is 24.5 Å². The normalized spacial score (nSPS) is 34.8. The maximum atomic E-state index is 5.58. The van der Waals surface area contributed by atoms with E-state index in [0.29, 0.717) is 11.5 Å². The minimum atomic E-state index is 0.534. The third kappa shape index (κ3) is 2.38. The van der Waals surface area contributed by atoms with Gasteiger partial charge in [0.2, 0.25) is 0 Å². The lowest BCUT2D eigenvalue weighted by atomic mass is 9.68. The van der Waals surface area contributed by atoms with Crippen molar-refractivity contribution in [3.63, 3.8) is 0 Å². The highest BCUT2D eigenvalue weighted by atomic mass is 16.5. The summed E-state index contributed by atoms with van der Waals surface area (Å²) in [6.07, 6.45) is 7.13. The quantitative estimate of drug-likeness (QED) is 0.806. The second-order valence-electron chi connectivity index (χ2n) is 6.45. The highest BCUT2D eigenvalue weighted by Crippen LogP contribution is 2.48. The number of ether oxygens (including phenoxy) is 1. The van der Waals surface area contributed by atoms with Gasteiger partial charge in [0, 0.05) is 31.1 Å². The second-order valence-corrected chi connectivity index (χ2v) is 6.45. The fourth-order valence-electron chi connectivity index (χ4n) is 4.04. The first-order valence-corrected chi connectivity index (χ1v) is 7.28. The molecule has 3 aliphatic rings. The number of nitrogens with zero attached hydrogens (tertiary/aromatic N) is 1. The van der Waals surface area contributed by atoms with Gasteiger partial charge < -0.3 is 15.0 Å². The largest absolute Gasteiger partial charge is 0.380 e. The molecule has 3 nitrogen and oxygen atoms in total. The maximum Gasteiger partial charge on any atom is 0.0548 e. The van der Waals surface area contributed by atoms with Crippen LogP contribution in [0.3, 0.4) is 0 Å². The van der Waals surface area contributed by atoms with Crippen LogP contribution in [0, 0.1) is 11.3 Å². The van der Waals surface area contributed by atoms with E-state index >= 15 is 0 Å². The molecule has 0 aromatic rings. The molecule has 0 radical (unpaired) electrons. The van der Waals surface area contributed by atoms with Crippen molar-refractivity contribution in [3.8, 4) is 0 Å². The molecule has 1 atom stereocenters. The van der Waals surface area contributed by atoms with Crippen molar-refractivity contribution in [2.75, 3.05) is 39.9 Å². The van der Waals surface area contributed by atoms with Gasteiger partial charge >= 0.3 is 0 Å². The van der Waals surface area contributed by atoms with E-state index in [0.717, 1.165) is 25.7 Å². The molecule has 0 aromatic heterocycles. The predicted octanol–water partition coefficient (Wildman–Crippen LogP) is 1.49. The molecule has 3 fully saturated rings. The molecule has 1 saturated carbocycles. The van der Waals surface area contributed by atoms with E-state index in [-0.39, 0.29) is 0 Å². The first-order chi connectivity index (χ1) is 8.28. The van der Waals surface area contributed by atoms with Crippen molar-refractivity contribution in [2.45, 2.75) is 38.1 Å². The average molecular weight is 238 g/mol. The van der Waals surface area contributed by atoms with Gasteiger partial charge in [-0.1, -0.05) is 12.8 Å². The molecule has 17 heavy (non-hydrogen) atoms. The summed E-state index contributed by atoms with van der Waals surface area (Å²) in [6.45, 7) is 5.62. The van der Waals surface area contributed by atoms with Gasteiger partial charge in [0.05, 0.1) is 13.2 Å². The Hall–Kier alpha value is -0.120. The van der Waals surface area contributed by atoms with Crippen LogP contribution in [0.2, 0.25) is 0 Å². The van der Waals surface area contributed by atoms with Gasteiger partial charge in [-0.05, 0) is 32.2 Å². The standard InChI is InChI=1S/C14H26N2O/c1-16-7-6-15-13(9-16)8-14(10-17-11-14)12-4-2-3-5-12/h12-13,15H,2-11H2,1H3. The first kappa shape index (κ1) is 11.9. The third-order valence-corrected chi connectivity index (χ3v) is 5.11. The van der Waals surface area contributed by atoms with Crippen molar-refractivity contribution in [2.24, 2.45) is 11.3 Å². The van der Waals surface area contributed by atoms with Gasteiger partial charge in [-0.2, -0.15) is 0 Å². The van der Waals surface area contributed by atoms with E-state index in [1.165, 1.54) is 45.2 Å². The molecule has 0 aromatic carbocycles. The second kappa shape index (κ2) is 4.87. The molecule has 1 unspecified atom stereocenters. The smallest absolute Gasteiger partial charge is 0.0548 e. The Kier molecular flexibility index (Phi) is 3.42. The number of piperazine rings is 1. The molecule has 3 heteroatoms. The van der Waals surface area contributed by atoms with Gasteiger partial charge in [-0.15, -0.1) is 0 Å². The van der Waals surface area contributed by atoms with Crippen LogP contribution in [0.15, 0.2) is 0 Å². The van der Waals surface area contributed by atoms with Gasteiger partial charge in [-0.3, -0.25) is 0 Å². The summed E-state index contributed by atoms with van der Waals surface area (Å²) in [6, 6.07) is 0.693. The number of likely N-dealkylation sites (N-methyl/N-ethyl adjacent to an activating group) is 1. The zero-order valence-electron chi connectivity index (χ0n) is 11.1. The van der Waals surface area contributed by atoms with E-state index in [1.54, 1.807) is 0 Å². The van der Waals surface area contributed by atoms with Crippen molar-refractivity contribution < 1.29 is 4.74 Å². The summed E-state index contributed by atoms with van der Waals surface area (Å²) < 4.78 is 5.58. The minimum absolute atomic E-state index is 0.534. The SMILES string of the molecule is CN1CCNC(CC2(C3CCCC3)COC2)C1. The summed E-state index contributed by atoms with van der Waals surface area (Å²) >= 11 is 0. The fourth-order valence-corrected chi connectivity index (χ4v) is 4.04. The maximum absolute atomic E-state index is 5.58. The lowest BCUT2D eigenvalue weighted by Crippen LogP contribution is -2.56. The van der Waals surface area contributed by atoms with Crippen molar-refractivity contribution in [1.29, 1.82) is 0 Å². The Bertz CT molecular complexity index is 259. The summed E-state index contributed by atoms with van der Waals surface area (Å²) in [5, 5.41) is 3.70. The lowest BCUT2D eigenvalue weighted by Gasteiger charge is -2.49. The Morgan fingerprint density at radius 2 is 2.06 bits per heavy atom. The Morgan fingerprint density at radius 3 is 2.65 bits per heavy atom. The van der Waals surface area contributed by atoms with Gasteiger partial charge in [0.25, 0.3) is 0 Å². The number of hydrogen-bond donors (Lipinski definition) is 1. The van der Waals surface area contributed by atoms with Crippen molar-refractivity contribution in [3.05, 3.63) is 0 Å². The molecule has 0 spiro atoms. The minimum Gasteiger partial charge on any atom is -0.380 e. The molecular formula is C14H26N2O. The molecule has 98 valence electrons. The molecule has 1 aliphatic carbocycles. The fraction of sp³-hybridized carbons (Fsp3) is 1.00. The molecule has 3 rings (SSSR count). The van der Waals surface area contributed by atoms with E-state index in [4.69, 9.17) is 4.74 Å². The number of nitrogens with one attached hydrogen (secondary N) is 1. The van der Waals surface area contributed by atoms with Crippen LogP contribution in [0.5, 0.6) is 0 Å². The highest BCUT2D eigenvalue weighted by molar-refractivity contribution is 4.97. The summed E-state index contributed by atoms with van der Waals surface area (Å²) in [5.41, 5.74) is 0.534. The van der Waals surface area contributed by atoms with Crippen LogP contribution in [-0.2, 0) is 4.74 Å². The summed E-state index contributed by atoms with van der Waals surface area (Å²) in [5.74, 6) is 0.949. The van der Waals surface area contributed by atoms with Crippen LogP contribution in [0.4, 0.5) is 0 Å². The van der Waals surface area contributed by atoms with Crippen LogP contribution >= 0.6 is 0 Å². The number of hydrogen-bond acceptors (Lipinski definition) is 3. The lowest BCUT2D eigenvalue weighted by molar-refractivity contribution is -0.154. The monoisotopic (exact) mass is 238 g/mol. The van der Waals surface area contributed by atoms with E-state index in [9.17, 15) is 0 Å². The van der Waals surface area contributed by atoms with Crippen molar-refractivity contribution in [1.82, 2.24) is 10.2 Å². The summed E-state index contributed by atoms with van der Waals surface area (Å²) in [7, 11) is 2.24. The van der Waals surface area contributed by atoms with Crippen LogP contribution in [-0.4, -0.2) is 50.8 Å². The van der Waals surface area contributed by atoms with E-state index in [1.807, 2.05) is 0 Å². The molecule has 2 heterocycles. The zero-order valence-corrected chi connectivity index (χ0v) is 11.1. The van der Waals surface area contributed by atoms with Gasteiger partial charge in [0.15, 0.2) is 0 Å².